The van der Waals surface area contributed by atoms with Crippen molar-refractivity contribution in [1.29, 1.82) is 0 Å². The van der Waals surface area contributed by atoms with Gasteiger partial charge in [0.15, 0.2) is 6.29 Å². The van der Waals surface area contributed by atoms with E-state index in [9.17, 15) is 28.5 Å². The van der Waals surface area contributed by atoms with Crippen LogP contribution in [-0.4, -0.2) is 97.5 Å². The molecule has 0 bridgehead atoms. The number of aliphatic hydroxyl groups excluding tert-OH is 3. The zero-order valence-electron chi connectivity index (χ0n) is 37.8. The molecule has 354 valence electrons. The van der Waals surface area contributed by atoms with Crippen LogP contribution in [-0.2, 0) is 38.3 Å². The molecule has 0 aliphatic carbocycles. The molecule has 1 fully saturated rings. The molecule has 1 heterocycles. The summed E-state index contributed by atoms with van der Waals surface area (Å²) in [6, 6.07) is 0. The predicted octanol–water partition coefficient (Wildman–Crippen LogP) is 10.4. The highest BCUT2D eigenvalue weighted by Gasteiger charge is 2.48. The minimum atomic E-state index is -5.06. The molecule has 0 saturated carbocycles. The minimum absolute atomic E-state index is 0.0325. The molecule has 1 rings (SSSR count). The molecule has 0 aromatic rings. The second-order valence-corrected chi connectivity index (χ2v) is 17.7. The second-order valence-electron chi connectivity index (χ2n) is 16.7. The van der Waals surface area contributed by atoms with E-state index >= 15 is 0 Å². The van der Waals surface area contributed by atoms with Gasteiger partial charge in [-0.25, -0.2) is 4.18 Å². The van der Waals surface area contributed by atoms with Gasteiger partial charge in [0.05, 0.1) is 19.8 Å². The van der Waals surface area contributed by atoms with Crippen molar-refractivity contribution in [3.05, 3.63) is 24.3 Å². The van der Waals surface area contributed by atoms with Crippen molar-refractivity contribution in [2.75, 3.05) is 26.4 Å². The molecule has 1 aliphatic heterocycles. The number of esters is 1. The number of unbranched alkanes of at least 4 members (excludes halogenated alkanes) is 25. The Morgan fingerprint density at radius 1 is 0.617 bits per heavy atom. The summed E-state index contributed by atoms with van der Waals surface area (Å²) in [6.45, 7) is 3.98. The first-order valence-electron chi connectivity index (χ1n) is 24.1. The maximum atomic E-state index is 12.9. The third-order valence-corrected chi connectivity index (χ3v) is 11.5. The highest BCUT2D eigenvalue weighted by Crippen LogP contribution is 2.26. The van der Waals surface area contributed by atoms with Gasteiger partial charge in [0.1, 0.15) is 30.5 Å². The lowest BCUT2D eigenvalue weighted by Gasteiger charge is -2.41. The van der Waals surface area contributed by atoms with E-state index in [1.807, 2.05) is 0 Å². The number of carbonyl (C=O) groups excluding carboxylic acids is 1. The molecule has 0 radical (unpaired) electrons. The van der Waals surface area contributed by atoms with Crippen LogP contribution in [0.4, 0.5) is 0 Å². The smallest absolute Gasteiger partial charge is 0.397 e. The molecule has 12 nitrogen and oxygen atoms in total. The molecule has 6 unspecified atom stereocenters. The van der Waals surface area contributed by atoms with E-state index in [-0.39, 0.29) is 19.6 Å². The van der Waals surface area contributed by atoms with Gasteiger partial charge in [0.25, 0.3) is 0 Å². The Hall–Kier alpha value is -1.42. The van der Waals surface area contributed by atoms with Crippen LogP contribution >= 0.6 is 0 Å². The Balaban J connectivity index is 2.40. The van der Waals surface area contributed by atoms with Gasteiger partial charge < -0.3 is 34.3 Å². The number of hydrogen-bond donors (Lipinski definition) is 4. The van der Waals surface area contributed by atoms with Crippen LogP contribution in [0.1, 0.15) is 206 Å². The summed E-state index contributed by atoms with van der Waals surface area (Å²) in [4.78, 5) is 12.9. The molecule has 4 N–H and O–H groups in total. The zero-order valence-corrected chi connectivity index (χ0v) is 38.6. The summed E-state index contributed by atoms with van der Waals surface area (Å²) in [5.41, 5.74) is 0. The first-order chi connectivity index (χ1) is 29.1. The average Bonchev–Trinajstić information content (AvgIpc) is 3.22. The van der Waals surface area contributed by atoms with E-state index < -0.39 is 59.8 Å². The van der Waals surface area contributed by atoms with Crippen LogP contribution in [0, 0.1) is 0 Å². The maximum absolute atomic E-state index is 12.9. The van der Waals surface area contributed by atoms with E-state index in [1.165, 1.54) is 128 Å². The fourth-order valence-electron chi connectivity index (χ4n) is 7.37. The largest absolute Gasteiger partial charge is 0.457 e. The topological polar surface area (TPSA) is 178 Å². The normalized spacial score (nSPS) is 20.4. The van der Waals surface area contributed by atoms with Crippen molar-refractivity contribution < 1.29 is 56.2 Å². The molecule has 1 saturated heterocycles. The maximum Gasteiger partial charge on any atom is 0.397 e. The van der Waals surface area contributed by atoms with E-state index in [2.05, 4.69) is 42.3 Å². The zero-order chi connectivity index (χ0) is 43.9. The number of ether oxygens (including phenoxy) is 4. The first-order valence-corrected chi connectivity index (χ1v) is 25.5. The molecule has 0 amide bonds. The Bertz CT molecular complexity index is 1150. The van der Waals surface area contributed by atoms with Gasteiger partial charge in [0.2, 0.25) is 0 Å². The van der Waals surface area contributed by atoms with E-state index in [0.717, 1.165) is 51.4 Å². The molecular weight excluding hydrogens is 789 g/mol. The number of aliphatic hydroxyl groups is 3. The number of rotatable bonds is 42. The van der Waals surface area contributed by atoms with Gasteiger partial charge in [-0.15, -0.1) is 0 Å². The highest BCUT2D eigenvalue weighted by atomic mass is 32.3. The van der Waals surface area contributed by atoms with E-state index in [1.54, 1.807) is 0 Å². The lowest BCUT2D eigenvalue weighted by molar-refractivity contribution is -0.301. The fraction of sp³-hybridized carbons (Fsp3) is 0.894. The predicted molar refractivity (Wildman–Crippen MR) is 239 cm³/mol. The minimum Gasteiger partial charge on any atom is -0.457 e. The lowest BCUT2D eigenvalue weighted by Crippen LogP contribution is -2.60. The van der Waals surface area contributed by atoms with Crippen LogP contribution in [0.3, 0.4) is 0 Å². The Morgan fingerprint density at radius 3 is 1.50 bits per heavy atom. The number of hydrogen-bond acceptors (Lipinski definition) is 11. The Kier molecular flexibility index (Phi) is 37.0. The summed E-state index contributed by atoms with van der Waals surface area (Å²) in [7, 11) is -5.06. The molecule has 60 heavy (non-hydrogen) atoms. The van der Waals surface area contributed by atoms with Crippen molar-refractivity contribution in [3.63, 3.8) is 0 Å². The third-order valence-electron chi connectivity index (χ3n) is 11.0. The van der Waals surface area contributed by atoms with Crippen LogP contribution < -0.4 is 0 Å². The van der Waals surface area contributed by atoms with Crippen molar-refractivity contribution in [3.8, 4) is 0 Å². The average molecular weight is 877 g/mol. The quantitative estimate of drug-likeness (QED) is 0.0198. The molecule has 1 aliphatic rings. The summed E-state index contributed by atoms with van der Waals surface area (Å²) >= 11 is 0. The molecule has 0 aromatic carbocycles. The van der Waals surface area contributed by atoms with Gasteiger partial charge >= 0.3 is 16.4 Å². The highest BCUT2D eigenvalue weighted by molar-refractivity contribution is 7.80. The van der Waals surface area contributed by atoms with Crippen molar-refractivity contribution in [1.82, 2.24) is 0 Å². The summed E-state index contributed by atoms with van der Waals surface area (Å²) in [5, 5.41) is 30.7. The summed E-state index contributed by atoms with van der Waals surface area (Å²) < 4.78 is 59.1. The van der Waals surface area contributed by atoms with Crippen molar-refractivity contribution >= 4 is 16.4 Å². The summed E-state index contributed by atoms with van der Waals surface area (Å²) in [6.07, 6.45) is 34.9. The van der Waals surface area contributed by atoms with Gasteiger partial charge in [-0.1, -0.05) is 160 Å². The molecule has 0 spiro atoms. The van der Waals surface area contributed by atoms with Crippen LogP contribution in [0.15, 0.2) is 24.3 Å². The van der Waals surface area contributed by atoms with Crippen LogP contribution in [0.2, 0.25) is 0 Å². The molecule has 6 atom stereocenters. The van der Waals surface area contributed by atoms with Crippen molar-refractivity contribution in [2.45, 2.75) is 243 Å². The van der Waals surface area contributed by atoms with Gasteiger partial charge in [-0.2, -0.15) is 8.42 Å². The first kappa shape index (κ1) is 56.6. The van der Waals surface area contributed by atoms with Crippen molar-refractivity contribution in [2.24, 2.45) is 0 Å². The Labute approximate surface area is 365 Å². The molecule has 13 heteroatoms. The monoisotopic (exact) mass is 877 g/mol. The summed E-state index contributed by atoms with van der Waals surface area (Å²) in [5.74, 6) is -0.404. The number of carbonyl (C=O) groups is 1. The standard InChI is InChI=1S/C47H88O12S/c1-3-5-7-9-11-13-15-17-19-20-21-22-24-26-28-30-32-34-36-43(49)57-41(40-56-47-45(51)46(59-60(52,53)54)44(50)42(38-48)58-47)39-55-37-35-33-31-29-27-25-23-18-16-14-12-10-8-6-4-2/h16,18-20,41-42,44-48,50-51H,3-15,17,21-40H2,1-2H3,(H,52,53,54)/b18-16-,20-19-. The van der Waals surface area contributed by atoms with Gasteiger partial charge in [-0.05, 0) is 64.2 Å². The lowest BCUT2D eigenvalue weighted by atomic mass is 9.99. The molecular formula is C47H88O12S. The Morgan fingerprint density at radius 2 is 1.05 bits per heavy atom. The van der Waals surface area contributed by atoms with Crippen LogP contribution in [0.25, 0.3) is 0 Å². The number of allylic oxidation sites excluding steroid dienone is 4. The molecule has 0 aromatic heterocycles. The van der Waals surface area contributed by atoms with E-state index in [4.69, 9.17) is 23.5 Å². The fourth-order valence-corrected chi connectivity index (χ4v) is 7.88. The second kappa shape index (κ2) is 39.2. The SMILES string of the molecule is CCCCCCC/C=C\CCCCCCCCOCC(COC1OC(CO)C(O)C(OS(=O)(=O)O)C1O)OC(=O)CCCCCCCCC/C=C\CCCCCCCCC. The van der Waals surface area contributed by atoms with Gasteiger partial charge in [-0.3, -0.25) is 9.35 Å². The van der Waals surface area contributed by atoms with Crippen LogP contribution in [0.5, 0.6) is 0 Å². The van der Waals surface area contributed by atoms with E-state index in [0.29, 0.717) is 13.0 Å². The third kappa shape index (κ3) is 32.3. The van der Waals surface area contributed by atoms with Gasteiger partial charge in [0, 0.05) is 13.0 Å².